The van der Waals surface area contributed by atoms with Gasteiger partial charge in [0.15, 0.2) is 36.2 Å². The number of pyridine rings is 1. The SMILES string of the molecule is Nc1ncnc2c1ncn2[C@@H]1O[C@H](COP(=O)(O)OP(=O)(O)OC[C@@H]2O[C@H]([n+]3cc(C(=O)O)cc(C(=O)O)c3)[C@@H](O)[C@H]2O)[C@@H](O)[C@H]1OP(=O)(O)O. The molecule has 2 aliphatic rings. The Morgan fingerprint density at radius 1 is 0.863 bits per heavy atom. The monoisotopic (exact) mass is 789 g/mol. The van der Waals surface area contributed by atoms with Gasteiger partial charge in [-0.3, -0.25) is 18.1 Å². The quantitative estimate of drug-likeness (QED) is 0.0591. The van der Waals surface area contributed by atoms with Crippen molar-refractivity contribution in [3.05, 3.63) is 42.2 Å². The number of carbonyl (C=O) groups is 2. The number of aromatic nitrogens is 5. The third-order valence-corrected chi connectivity index (χ3v) is 10.4. The molecule has 0 aromatic carbocycles. The molecule has 11 N–H and O–H groups in total. The van der Waals surface area contributed by atoms with Crippen LogP contribution in [0.25, 0.3) is 11.2 Å². The third kappa shape index (κ3) is 8.81. The zero-order valence-corrected chi connectivity index (χ0v) is 27.8. The number of rotatable bonds is 14. The summed E-state index contributed by atoms with van der Waals surface area (Å²) in [6.45, 7) is -2.23. The molecule has 3 aromatic rings. The number of carboxylic acid groups (broad SMARTS) is 2. The van der Waals surface area contributed by atoms with Gasteiger partial charge in [-0.05, 0) is 6.07 Å². The molecule has 5 rings (SSSR count). The van der Waals surface area contributed by atoms with Crippen LogP contribution < -0.4 is 10.3 Å². The Morgan fingerprint density at radius 2 is 1.43 bits per heavy atom. The molecular formula is C22H28N6O20P3+. The van der Waals surface area contributed by atoms with E-state index in [9.17, 15) is 68.4 Å². The van der Waals surface area contributed by atoms with E-state index >= 15 is 0 Å². The molecule has 2 unspecified atom stereocenters. The van der Waals surface area contributed by atoms with E-state index in [1.807, 2.05) is 0 Å². The number of nitrogens with zero attached hydrogens (tertiary/aromatic N) is 5. The Balaban J connectivity index is 1.22. The minimum Gasteiger partial charge on any atom is -0.477 e. The fourth-order valence-electron chi connectivity index (χ4n) is 5.02. The highest BCUT2D eigenvalue weighted by Crippen LogP contribution is 2.61. The fourth-order valence-corrected chi connectivity index (χ4v) is 7.65. The van der Waals surface area contributed by atoms with Gasteiger partial charge in [-0.2, -0.15) is 8.88 Å². The molecule has 3 aromatic heterocycles. The van der Waals surface area contributed by atoms with Crippen molar-refractivity contribution in [2.75, 3.05) is 18.9 Å². The van der Waals surface area contributed by atoms with Gasteiger partial charge in [0.2, 0.25) is 0 Å². The van der Waals surface area contributed by atoms with Gasteiger partial charge < -0.3 is 60.3 Å². The van der Waals surface area contributed by atoms with E-state index in [1.54, 1.807) is 0 Å². The lowest BCUT2D eigenvalue weighted by Gasteiger charge is -2.22. The number of aliphatic hydroxyl groups is 3. The minimum absolute atomic E-state index is 0.0253. The van der Waals surface area contributed by atoms with Gasteiger partial charge in [0.1, 0.15) is 53.5 Å². The molecular weight excluding hydrogens is 761 g/mol. The highest BCUT2D eigenvalue weighted by molar-refractivity contribution is 7.61. The van der Waals surface area contributed by atoms with E-state index in [0.29, 0.717) is 0 Å². The predicted octanol–water partition coefficient (Wildman–Crippen LogP) is -2.60. The first kappa shape index (κ1) is 38.8. The molecule has 2 fully saturated rings. The van der Waals surface area contributed by atoms with Gasteiger partial charge in [0, 0.05) is 0 Å². The van der Waals surface area contributed by atoms with Crippen molar-refractivity contribution in [2.24, 2.45) is 0 Å². The molecule has 0 spiro atoms. The van der Waals surface area contributed by atoms with Gasteiger partial charge in [-0.25, -0.2) is 38.2 Å². The zero-order valence-electron chi connectivity index (χ0n) is 25.1. The Morgan fingerprint density at radius 3 is 1.98 bits per heavy atom. The molecule has 0 aliphatic carbocycles. The van der Waals surface area contributed by atoms with Crippen LogP contribution >= 0.6 is 23.5 Å². The van der Waals surface area contributed by atoms with E-state index in [-0.39, 0.29) is 17.0 Å². The highest BCUT2D eigenvalue weighted by atomic mass is 31.3. The summed E-state index contributed by atoms with van der Waals surface area (Å²) in [5.74, 6) is -3.16. The lowest BCUT2D eigenvalue weighted by molar-refractivity contribution is -0.766. The number of nitrogen functional groups attached to an aromatic ring is 1. The molecule has 2 aliphatic heterocycles. The number of hydrogen-bond acceptors (Lipinski definition) is 18. The van der Waals surface area contributed by atoms with Crippen LogP contribution in [0.15, 0.2) is 31.1 Å². The minimum atomic E-state index is -5.61. The van der Waals surface area contributed by atoms with Crippen molar-refractivity contribution < 1.29 is 100 Å². The van der Waals surface area contributed by atoms with Crippen LogP contribution in [0.2, 0.25) is 0 Å². The summed E-state index contributed by atoms with van der Waals surface area (Å²) in [4.78, 5) is 73.5. The number of aromatic carboxylic acids is 2. The zero-order chi connectivity index (χ0) is 37.6. The van der Waals surface area contributed by atoms with Crippen LogP contribution in [0.5, 0.6) is 0 Å². The average Bonchev–Trinajstić information content (AvgIpc) is 3.68. The Hall–Kier alpha value is -3.39. The summed E-state index contributed by atoms with van der Waals surface area (Å²) in [5, 5.41) is 50.2. The number of phosphoric ester groups is 3. The van der Waals surface area contributed by atoms with Crippen molar-refractivity contribution in [1.82, 2.24) is 19.5 Å². The molecule has 10 atom stereocenters. The van der Waals surface area contributed by atoms with E-state index < -0.39 is 109 Å². The molecule has 280 valence electrons. The van der Waals surface area contributed by atoms with Crippen molar-refractivity contribution in [2.45, 2.75) is 49.1 Å². The molecule has 5 heterocycles. The van der Waals surface area contributed by atoms with Gasteiger partial charge >= 0.3 is 35.4 Å². The summed E-state index contributed by atoms with van der Waals surface area (Å²) < 4.78 is 67.8. The first-order valence-electron chi connectivity index (χ1n) is 13.9. The van der Waals surface area contributed by atoms with Crippen molar-refractivity contribution >= 4 is 52.4 Å². The number of nitrogens with two attached hydrogens (primary N) is 1. The largest absolute Gasteiger partial charge is 0.481 e. The molecule has 29 heteroatoms. The highest BCUT2D eigenvalue weighted by Gasteiger charge is 2.52. The Kier molecular flexibility index (Phi) is 11.1. The van der Waals surface area contributed by atoms with Crippen LogP contribution in [-0.2, 0) is 41.1 Å². The number of ether oxygens (including phenoxy) is 2. The second kappa shape index (κ2) is 14.6. The van der Waals surface area contributed by atoms with E-state index in [4.69, 9.17) is 15.2 Å². The number of fused-ring (bicyclic) bond motifs is 1. The second-order valence-corrected chi connectivity index (χ2v) is 15.0. The Labute approximate surface area is 282 Å². The van der Waals surface area contributed by atoms with Crippen LogP contribution in [-0.4, -0.2) is 126 Å². The van der Waals surface area contributed by atoms with E-state index in [1.165, 1.54) is 0 Å². The van der Waals surface area contributed by atoms with Crippen molar-refractivity contribution in [3.8, 4) is 0 Å². The van der Waals surface area contributed by atoms with E-state index in [2.05, 4.69) is 32.8 Å². The maximum absolute atomic E-state index is 12.6. The van der Waals surface area contributed by atoms with Crippen LogP contribution in [0.3, 0.4) is 0 Å². The topological polar surface area (TPSA) is 396 Å². The van der Waals surface area contributed by atoms with Crippen molar-refractivity contribution in [1.29, 1.82) is 0 Å². The number of imidazole rings is 1. The van der Waals surface area contributed by atoms with Crippen molar-refractivity contribution in [3.63, 3.8) is 0 Å². The molecule has 0 radical (unpaired) electrons. The first-order valence-corrected chi connectivity index (χ1v) is 18.4. The van der Waals surface area contributed by atoms with Gasteiger partial charge in [-0.15, -0.1) is 0 Å². The first-order chi connectivity index (χ1) is 23.7. The second-order valence-electron chi connectivity index (χ2n) is 10.7. The van der Waals surface area contributed by atoms with Gasteiger partial charge in [0.25, 0.3) is 6.23 Å². The number of carboxylic acids is 2. The van der Waals surface area contributed by atoms with Gasteiger partial charge in [-0.1, -0.05) is 0 Å². The number of hydrogen-bond donors (Lipinski definition) is 10. The normalized spacial score (nSPS) is 29.2. The molecule has 51 heavy (non-hydrogen) atoms. The van der Waals surface area contributed by atoms with Crippen LogP contribution in [0.4, 0.5) is 5.82 Å². The predicted molar refractivity (Wildman–Crippen MR) is 156 cm³/mol. The lowest BCUT2D eigenvalue weighted by Crippen LogP contribution is -2.47. The van der Waals surface area contributed by atoms with E-state index in [0.717, 1.165) is 40.2 Å². The maximum Gasteiger partial charge on any atom is 0.481 e. The smallest absolute Gasteiger partial charge is 0.477 e. The van der Waals surface area contributed by atoms with Gasteiger partial charge in [0.05, 0.1) is 19.5 Å². The average molecular weight is 789 g/mol. The fraction of sp³-hybridized carbons (Fsp3) is 0.455. The summed E-state index contributed by atoms with van der Waals surface area (Å²) >= 11 is 0. The molecule has 2 saturated heterocycles. The van der Waals surface area contributed by atoms with Crippen LogP contribution in [0.1, 0.15) is 33.2 Å². The number of anilines is 1. The van der Waals surface area contributed by atoms with Crippen LogP contribution in [0, 0.1) is 0 Å². The summed E-state index contributed by atoms with van der Waals surface area (Å²) in [5.41, 5.74) is 4.70. The molecule has 0 saturated carbocycles. The maximum atomic E-state index is 12.6. The summed E-state index contributed by atoms with van der Waals surface area (Å²) in [6.07, 6.45) is -10.4. The lowest BCUT2D eigenvalue weighted by atomic mass is 10.1. The summed E-state index contributed by atoms with van der Waals surface area (Å²) in [6, 6.07) is 0.813. The summed E-state index contributed by atoms with van der Waals surface area (Å²) in [7, 11) is -16.5. The standard InChI is InChI=1S/C22H27N6O20P3/c23-17-12-18(25-6-24-17)28(7-26-12)20-16(47-49(36,37)38)14(30)11(46-20)5-44-51(41,42)48-50(39,40)43-4-10-13(29)15(31)19(45-10)27-2-8(21(32)33)1-9(3-27)22(34)35/h1-3,6-7,10-11,13-16,19-20,29-31H,4-5H2,(H7-,23,24,25,32,33,34,35,36,37,38,39,40,41,42)/p+1/t10-,11+,13-,14+,15-,16+,19-,20+/m0/s1. The molecule has 26 nitrogen and oxygen atoms in total. The molecule has 0 bridgehead atoms. The third-order valence-electron chi connectivity index (χ3n) is 7.26. The molecule has 0 amide bonds. The number of phosphoric acid groups is 3. The number of aliphatic hydroxyl groups excluding tert-OH is 3. The Bertz CT molecular complexity index is 1930.